The predicted octanol–water partition coefficient (Wildman–Crippen LogP) is 3.32. The van der Waals surface area contributed by atoms with Crippen LogP contribution in [0, 0.1) is 0 Å². The van der Waals surface area contributed by atoms with Crippen LogP contribution in [0.3, 0.4) is 0 Å². The van der Waals surface area contributed by atoms with Crippen molar-refractivity contribution >= 4 is 22.8 Å². The maximum absolute atomic E-state index is 13.5. The number of carbonyl (C=O) groups is 1. The van der Waals surface area contributed by atoms with E-state index in [-0.39, 0.29) is 18.0 Å². The number of anilines is 1. The smallest absolute Gasteiger partial charge is 0.256 e. The lowest BCUT2D eigenvalue weighted by molar-refractivity contribution is 0.0616. The Balaban J connectivity index is 1.38. The first-order valence-electron chi connectivity index (χ1n) is 10.5. The van der Waals surface area contributed by atoms with Crippen LogP contribution in [-0.2, 0) is 0 Å². The van der Waals surface area contributed by atoms with E-state index in [0.717, 1.165) is 23.7 Å². The predicted molar refractivity (Wildman–Crippen MR) is 118 cm³/mol. The molecule has 8 nitrogen and oxygen atoms in total. The van der Waals surface area contributed by atoms with E-state index in [4.69, 9.17) is 0 Å². The molecule has 1 N–H and O–H groups in total. The van der Waals surface area contributed by atoms with E-state index in [0.29, 0.717) is 23.7 Å². The number of piperidine rings is 1. The molecule has 0 bridgehead atoms. The Kier molecular flexibility index (Phi) is 5.03. The third-order valence-corrected chi connectivity index (χ3v) is 5.82. The molecule has 5 rings (SSSR count). The van der Waals surface area contributed by atoms with Crippen molar-refractivity contribution in [2.75, 3.05) is 11.9 Å². The Morgan fingerprint density at radius 3 is 2.71 bits per heavy atom. The number of carbonyl (C=O) groups excluding carboxylic acids is 1. The van der Waals surface area contributed by atoms with Crippen molar-refractivity contribution in [1.29, 1.82) is 0 Å². The Morgan fingerprint density at radius 1 is 1.06 bits per heavy atom. The number of nitrogens with one attached hydrogen (secondary N) is 1. The minimum atomic E-state index is -0.0219. The number of rotatable bonds is 4. The van der Waals surface area contributed by atoms with E-state index in [2.05, 4.69) is 32.4 Å². The van der Waals surface area contributed by atoms with Crippen molar-refractivity contribution in [2.45, 2.75) is 31.8 Å². The van der Waals surface area contributed by atoms with Gasteiger partial charge in [-0.2, -0.15) is 15.0 Å². The van der Waals surface area contributed by atoms with Gasteiger partial charge in [0, 0.05) is 30.2 Å². The summed E-state index contributed by atoms with van der Waals surface area (Å²) in [6.45, 7) is 2.78. The summed E-state index contributed by atoms with van der Waals surface area (Å²) in [6, 6.07) is 15.4. The first-order chi connectivity index (χ1) is 15.2. The molecular weight excluding hydrogens is 390 g/mol. The molecule has 3 heterocycles. The Bertz CT molecular complexity index is 1210. The summed E-state index contributed by atoms with van der Waals surface area (Å²) in [7, 11) is 0. The summed E-state index contributed by atoms with van der Waals surface area (Å²) in [6.07, 6.45) is 6.89. The van der Waals surface area contributed by atoms with Crippen LogP contribution in [0.15, 0.2) is 67.1 Å². The SMILES string of the molecule is C[C@H]1C(Nc2ncc3ccccc3n2)CCCN1C(=O)c1ccccc1-n1nccn1. The van der Waals surface area contributed by atoms with Gasteiger partial charge in [-0.1, -0.05) is 30.3 Å². The molecule has 0 radical (unpaired) electrons. The zero-order chi connectivity index (χ0) is 21.2. The number of benzene rings is 2. The van der Waals surface area contributed by atoms with Crippen LogP contribution in [0.1, 0.15) is 30.1 Å². The minimum Gasteiger partial charge on any atom is -0.349 e. The van der Waals surface area contributed by atoms with Gasteiger partial charge in [0.05, 0.1) is 29.2 Å². The topological polar surface area (TPSA) is 88.8 Å². The van der Waals surface area contributed by atoms with Crippen LogP contribution in [0.4, 0.5) is 5.95 Å². The number of fused-ring (bicyclic) bond motifs is 1. The molecule has 1 fully saturated rings. The van der Waals surface area contributed by atoms with E-state index in [1.807, 2.05) is 59.6 Å². The second kappa shape index (κ2) is 8.14. The second-order valence-electron chi connectivity index (χ2n) is 7.72. The number of para-hydroxylation sites is 2. The molecule has 0 saturated carbocycles. The normalized spacial score (nSPS) is 18.8. The highest BCUT2D eigenvalue weighted by atomic mass is 16.2. The highest BCUT2D eigenvalue weighted by Crippen LogP contribution is 2.25. The van der Waals surface area contributed by atoms with Crippen molar-refractivity contribution in [1.82, 2.24) is 29.9 Å². The first kappa shape index (κ1) is 19.2. The lowest BCUT2D eigenvalue weighted by Gasteiger charge is -2.40. The number of aromatic nitrogens is 5. The molecule has 4 aromatic rings. The number of amides is 1. The van der Waals surface area contributed by atoms with Crippen LogP contribution in [0.2, 0.25) is 0 Å². The molecular formula is C23H23N7O. The van der Waals surface area contributed by atoms with Crippen LogP contribution in [0.5, 0.6) is 0 Å². The molecule has 2 atom stereocenters. The van der Waals surface area contributed by atoms with Gasteiger partial charge in [0.1, 0.15) is 0 Å². The molecule has 8 heteroatoms. The van der Waals surface area contributed by atoms with Gasteiger partial charge in [-0.3, -0.25) is 4.79 Å². The van der Waals surface area contributed by atoms with Gasteiger partial charge in [-0.05, 0) is 38.0 Å². The fraction of sp³-hybridized carbons (Fsp3) is 0.261. The van der Waals surface area contributed by atoms with Gasteiger partial charge in [-0.25, -0.2) is 9.97 Å². The van der Waals surface area contributed by atoms with Gasteiger partial charge in [0.15, 0.2) is 0 Å². The minimum absolute atomic E-state index is 0.0186. The summed E-state index contributed by atoms with van der Waals surface area (Å²) in [5.74, 6) is 0.567. The van der Waals surface area contributed by atoms with E-state index < -0.39 is 0 Å². The molecule has 0 spiro atoms. The lowest BCUT2D eigenvalue weighted by atomic mass is 9.96. The monoisotopic (exact) mass is 413 g/mol. The lowest BCUT2D eigenvalue weighted by Crippen LogP contribution is -2.52. The average molecular weight is 413 g/mol. The maximum Gasteiger partial charge on any atom is 0.256 e. The van der Waals surface area contributed by atoms with Crippen molar-refractivity contribution in [3.63, 3.8) is 0 Å². The van der Waals surface area contributed by atoms with Crippen molar-refractivity contribution in [3.8, 4) is 5.69 Å². The summed E-state index contributed by atoms with van der Waals surface area (Å²) in [4.78, 5) is 26.0. The summed E-state index contributed by atoms with van der Waals surface area (Å²) in [5, 5.41) is 12.9. The highest BCUT2D eigenvalue weighted by Gasteiger charge is 2.33. The van der Waals surface area contributed by atoms with Crippen molar-refractivity contribution in [3.05, 3.63) is 72.7 Å². The third-order valence-electron chi connectivity index (χ3n) is 5.82. The number of likely N-dealkylation sites (tertiary alicyclic amines) is 1. The zero-order valence-corrected chi connectivity index (χ0v) is 17.2. The van der Waals surface area contributed by atoms with E-state index >= 15 is 0 Å². The molecule has 1 amide bonds. The van der Waals surface area contributed by atoms with Gasteiger partial charge >= 0.3 is 0 Å². The van der Waals surface area contributed by atoms with Crippen LogP contribution < -0.4 is 5.32 Å². The van der Waals surface area contributed by atoms with Crippen molar-refractivity contribution in [2.24, 2.45) is 0 Å². The molecule has 1 aliphatic rings. The van der Waals surface area contributed by atoms with Gasteiger partial charge in [0.25, 0.3) is 5.91 Å². The molecule has 2 aromatic carbocycles. The fourth-order valence-corrected chi connectivity index (χ4v) is 4.15. The van der Waals surface area contributed by atoms with Gasteiger partial charge in [0.2, 0.25) is 5.95 Å². The van der Waals surface area contributed by atoms with E-state index in [1.165, 1.54) is 4.80 Å². The number of hydrogen-bond acceptors (Lipinski definition) is 6. The molecule has 31 heavy (non-hydrogen) atoms. The average Bonchev–Trinajstić information content (AvgIpc) is 3.35. The fourth-order valence-electron chi connectivity index (χ4n) is 4.15. The van der Waals surface area contributed by atoms with Gasteiger partial charge < -0.3 is 10.2 Å². The molecule has 1 aliphatic heterocycles. The number of hydrogen-bond donors (Lipinski definition) is 1. The maximum atomic E-state index is 13.5. The van der Waals surface area contributed by atoms with Crippen molar-refractivity contribution < 1.29 is 4.79 Å². The molecule has 1 unspecified atom stereocenters. The highest BCUT2D eigenvalue weighted by molar-refractivity contribution is 5.98. The molecule has 0 aliphatic carbocycles. The van der Waals surface area contributed by atoms with Crippen LogP contribution in [0.25, 0.3) is 16.6 Å². The largest absolute Gasteiger partial charge is 0.349 e. The zero-order valence-electron chi connectivity index (χ0n) is 17.2. The molecule has 1 saturated heterocycles. The van der Waals surface area contributed by atoms with Gasteiger partial charge in [-0.15, -0.1) is 0 Å². The summed E-state index contributed by atoms with van der Waals surface area (Å²) < 4.78 is 0. The Morgan fingerprint density at radius 2 is 1.84 bits per heavy atom. The number of nitrogens with zero attached hydrogens (tertiary/aromatic N) is 6. The Labute approximate surface area is 179 Å². The van der Waals surface area contributed by atoms with Crippen LogP contribution in [-0.4, -0.2) is 54.4 Å². The molecule has 156 valence electrons. The first-order valence-corrected chi connectivity index (χ1v) is 10.5. The quantitative estimate of drug-likeness (QED) is 0.552. The second-order valence-corrected chi connectivity index (χ2v) is 7.72. The summed E-state index contributed by atoms with van der Waals surface area (Å²) in [5.41, 5.74) is 2.17. The summed E-state index contributed by atoms with van der Waals surface area (Å²) >= 11 is 0. The Hall–Kier alpha value is -3.81. The van der Waals surface area contributed by atoms with Crippen LogP contribution >= 0.6 is 0 Å². The molecule has 2 aromatic heterocycles. The third kappa shape index (κ3) is 3.72. The van der Waals surface area contributed by atoms with E-state index in [1.54, 1.807) is 12.4 Å². The standard InChI is InChI=1S/C23H23N7O/c1-16-19(27-23-24-15-17-7-2-4-9-20(17)28-23)10-6-14-29(16)22(31)18-8-3-5-11-21(18)30-25-12-13-26-30/h2-5,7-9,11-13,15-16,19H,6,10,14H2,1H3,(H,24,27,28)/t16-,19?/m0/s1. The van der Waals surface area contributed by atoms with E-state index in [9.17, 15) is 4.79 Å².